The molecule has 0 N–H and O–H groups in total. The summed E-state index contributed by atoms with van der Waals surface area (Å²) in [6.07, 6.45) is 3.85. The van der Waals surface area contributed by atoms with Crippen LogP contribution in [0.4, 0.5) is 0 Å². The Balaban J connectivity index is 1.69. The van der Waals surface area contributed by atoms with Crippen LogP contribution in [-0.4, -0.2) is 36.2 Å². The summed E-state index contributed by atoms with van der Waals surface area (Å²) in [7, 11) is 0. The van der Waals surface area contributed by atoms with Crippen LogP contribution >= 0.6 is 0 Å². The molecule has 0 saturated heterocycles. The molecule has 4 heteroatoms. The molecule has 0 unspecified atom stereocenters. The van der Waals surface area contributed by atoms with E-state index in [1.807, 2.05) is 12.4 Å². The predicted octanol–water partition coefficient (Wildman–Crippen LogP) is 2.06. The van der Waals surface area contributed by atoms with Crippen molar-refractivity contribution < 1.29 is 0 Å². The first kappa shape index (κ1) is 13.9. The minimum atomic E-state index is 0.338. The Kier molecular flexibility index (Phi) is 3.92. The molecule has 0 saturated carbocycles. The molecule has 0 aliphatic rings. The zero-order valence-corrected chi connectivity index (χ0v) is 15.1. The van der Waals surface area contributed by atoms with Gasteiger partial charge in [-0.2, -0.15) is 0 Å². The molecule has 106 valence electrons. The minimum absolute atomic E-state index is 0.338. The van der Waals surface area contributed by atoms with E-state index in [1.54, 1.807) is 0 Å². The fourth-order valence-electron chi connectivity index (χ4n) is 2.40. The summed E-state index contributed by atoms with van der Waals surface area (Å²) in [6.45, 7) is 0. The van der Waals surface area contributed by atoms with E-state index in [9.17, 15) is 0 Å². The van der Waals surface area contributed by atoms with Crippen molar-refractivity contribution in [3.8, 4) is 0 Å². The topological polar surface area (TPSA) is 25.8 Å². The van der Waals surface area contributed by atoms with Crippen LogP contribution in [0.1, 0.15) is 0 Å². The number of aromatic nitrogens is 2. The molecule has 0 bridgehead atoms. The van der Waals surface area contributed by atoms with E-state index in [4.69, 9.17) is 0 Å². The monoisotopic (exact) mass is 416 g/mol. The van der Waals surface area contributed by atoms with E-state index in [1.165, 1.54) is 30.7 Å². The van der Waals surface area contributed by atoms with Crippen LogP contribution in [0.2, 0.25) is 0 Å². The molecular weight excluding hydrogens is 402 g/mol. The second kappa shape index (κ2) is 6.19. The summed E-state index contributed by atoms with van der Waals surface area (Å²) in [6, 6.07) is 21.2. The van der Waals surface area contributed by atoms with E-state index in [-0.39, 0.29) is 0 Å². The number of benzene rings is 2. The number of rotatable bonds is 3. The van der Waals surface area contributed by atoms with Crippen molar-refractivity contribution in [3.05, 3.63) is 73.1 Å². The molecule has 2 aromatic carbocycles. The van der Waals surface area contributed by atoms with Crippen LogP contribution in [0.25, 0.3) is 21.5 Å². The van der Waals surface area contributed by atoms with Gasteiger partial charge in [-0.25, -0.2) is 0 Å². The van der Waals surface area contributed by atoms with Crippen LogP contribution in [-0.2, 0) is 0 Å². The molecule has 0 aliphatic heterocycles. The van der Waals surface area contributed by atoms with Crippen LogP contribution in [0.3, 0.4) is 0 Å². The average Bonchev–Trinajstić information content (AvgIpc) is 2.60. The molecule has 4 aromatic rings. The van der Waals surface area contributed by atoms with Crippen LogP contribution in [0.5, 0.6) is 0 Å². The number of pyridine rings is 2. The van der Waals surface area contributed by atoms with Crippen molar-refractivity contribution in [1.82, 2.24) is 9.97 Å². The maximum absolute atomic E-state index is 4.62. The van der Waals surface area contributed by atoms with Gasteiger partial charge in [0.25, 0.3) is 0 Å². The fourth-order valence-corrected chi connectivity index (χ4v) is 8.94. The predicted molar refractivity (Wildman–Crippen MR) is 94.3 cm³/mol. The van der Waals surface area contributed by atoms with Gasteiger partial charge in [-0.1, -0.05) is 0 Å². The SMILES string of the molecule is c1ccc2c([Se][Se]c3nccc4ccccc34)nccc2c1. The first-order valence-corrected chi connectivity index (χ1v) is 13.0. The Morgan fingerprint density at radius 2 is 1.00 bits per heavy atom. The fraction of sp³-hybridized carbons (Fsp3) is 0. The van der Waals surface area contributed by atoms with Gasteiger partial charge in [0.2, 0.25) is 0 Å². The molecule has 2 heterocycles. The van der Waals surface area contributed by atoms with Crippen molar-refractivity contribution in [2.45, 2.75) is 0 Å². The zero-order valence-electron chi connectivity index (χ0n) is 11.6. The van der Waals surface area contributed by atoms with E-state index < -0.39 is 0 Å². The van der Waals surface area contributed by atoms with Crippen molar-refractivity contribution in [2.24, 2.45) is 0 Å². The number of hydrogen-bond donors (Lipinski definition) is 0. The van der Waals surface area contributed by atoms with Crippen LogP contribution < -0.4 is 9.18 Å². The molecule has 0 radical (unpaired) electrons. The Morgan fingerprint density at radius 3 is 1.50 bits per heavy atom. The summed E-state index contributed by atoms with van der Waals surface area (Å²) >= 11 is 0.677. The maximum atomic E-state index is 4.62. The summed E-state index contributed by atoms with van der Waals surface area (Å²) in [4.78, 5) is 9.24. The third-order valence-corrected chi connectivity index (χ3v) is 10.0. The Bertz CT molecular complexity index is 864. The van der Waals surface area contributed by atoms with Gasteiger partial charge >= 0.3 is 140 Å². The standard InChI is InChI=1S/C18H12N2Se2/c1-3-7-15-13(5-1)9-11-19-17(15)21-22-18-16-8-4-2-6-14(16)10-12-20-18/h1-12H. The zero-order chi connectivity index (χ0) is 14.8. The van der Waals surface area contributed by atoms with E-state index in [0.717, 1.165) is 0 Å². The van der Waals surface area contributed by atoms with Gasteiger partial charge in [-0.3, -0.25) is 0 Å². The Labute approximate surface area is 139 Å². The van der Waals surface area contributed by atoms with Crippen molar-refractivity contribution in [1.29, 1.82) is 0 Å². The van der Waals surface area contributed by atoms with Gasteiger partial charge < -0.3 is 0 Å². The number of hydrogen-bond acceptors (Lipinski definition) is 2. The summed E-state index contributed by atoms with van der Waals surface area (Å²) in [5.74, 6) is 0. The summed E-state index contributed by atoms with van der Waals surface area (Å²) < 4.78 is 2.47. The molecule has 0 amide bonds. The van der Waals surface area contributed by atoms with E-state index in [0.29, 0.717) is 26.3 Å². The van der Waals surface area contributed by atoms with Gasteiger partial charge in [0.05, 0.1) is 0 Å². The molecule has 4 rings (SSSR count). The molecule has 0 atom stereocenters. The number of nitrogens with zero attached hydrogens (tertiary/aromatic N) is 2. The molecular formula is C18H12N2Se2. The first-order valence-electron chi connectivity index (χ1n) is 6.94. The van der Waals surface area contributed by atoms with Crippen molar-refractivity contribution >= 4 is 57.0 Å². The average molecular weight is 414 g/mol. The normalized spacial score (nSPS) is 11.1. The molecule has 22 heavy (non-hydrogen) atoms. The molecule has 2 nitrogen and oxygen atoms in total. The molecule has 0 spiro atoms. The van der Waals surface area contributed by atoms with Crippen molar-refractivity contribution in [3.63, 3.8) is 0 Å². The van der Waals surface area contributed by atoms with E-state index >= 15 is 0 Å². The Hall–Kier alpha value is -1.70. The quantitative estimate of drug-likeness (QED) is 0.480. The third-order valence-electron chi connectivity index (χ3n) is 3.47. The van der Waals surface area contributed by atoms with Gasteiger partial charge in [-0.15, -0.1) is 0 Å². The third kappa shape index (κ3) is 2.67. The van der Waals surface area contributed by atoms with Gasteiger partial charge in [-0.05, 0) is 0 Å². The summed E-state index contributed by atoms with van der Waals surface area (Å²) in [5.41, 5.74) is 0. The Morgan fingerprint density at radius 1 is 0.545 bits per heavy atom. The molecule has 0 aliphatic carbocycles. The summed E-state index contributed by atoms with van der Waals surface area (Å²) in [5, 5.41) is 5.12. The van der Waals surface area contributed by atoms with Gasteiger partial charge in [0.15, 0.2) is 0 Å². The van der Waals surface area contributed by atoms with Crippen molar-refractivity contribution in [2.75, 3.05) is 0 Å². The number of fused-ring (bicyclic) bond motifs is 2. The van der Waals surface area contributed by atoms with Gasteiger partial charge in [0, 0.05) is 0 Å². The second-order valence-corrected chi connectivity index (χ2v) is 10.8. The van der Waals surface area contributed by atoms with Crippen LogP contribution in [0, 0.1) is 0 Å². The van der Waals surface area contributed by atoms with Crippen LogP contribution in [0.15, 0.2) is 73.1 Å². The molecule has 2 aromatic heterocycles. The first-order chi connectivity index (χ1) is 10.9. The van der Waals surface area contributed by atoms with Gasteiger partial charge in [0.1, 0.15) is 0 Å². The van der Waals surface area contributed by atoms with E-state index in [2.05, 4.69) is 70.6 Å². The molecule has 0 fully saturated rings. The second-order valence-electron chi connectivity index (χ2n) is 4.84.